The van der Waals surface area contributed by atoms with Gasteiger partial charge >= 0.3 is 5.97 Å². The minimum absolute atomic E-state index is 0.186. The molecular weight excluding hydrogens is 180 g/mol. The molecule has 0 radical (unpaired) electrons. The Morgan fingerprint density at radius 2 is 1.86 bits per heavy atom. The second-order valence-electron chi connectivity index (χ2n) is 2.28. The van der Waals surface area contributed by atoms with Crippen LogP contribution >= 0.6 is 0 Å². The first kappa shape index (κ1) is 12.2. The van der Waals surface area contributed by atoms with Crippen LogP contribution in [0.15, 0.2) is 49.8 Å². The molecule has 0 unspecified atom stereocenters. The number of allylic oxidation sites excluding steroid dienone is 3. The standard InChI is InChI=1S/C11H14O3/c1-4-6-7-10(3)13-8-9-14-11(12)5-2/h4-7H,1-3,8-9H2/b7-6-. The fraction of sp³-hybridized carbons (Fsp3) is 0.182. The van der Waals surface area contributed by atoms with Gasteiger partial charge < -0.3 is 9.47 Å². The van der Waals surface area contributed by atoms with Crippen molar-refractivity contribution < 1.29 is 14.3 Å². The summed E-state index contributed by atoms with van der Waals surface area (Å²) in [6.45, 7) is 10.8. The van der Waals surface area contributed by atoms with E-state index in [9.17, 15) is 4.79 Å². The number of hydrogen-bond acceptors (Lipinski definition) is 3. The van der Waals surface area contributed by atoms with Crippen LogP contribution in [0.4, 0.5) is 0 Å². The minimum Gasteiger partial charge on any atom is -0.491 e. The zero-order chi connectivity index (χ0) is 10.8. The Morgan fingerprint density at radius 1 is 1.21 bits per heavy atom. The predicted octanol–water partition coefficient (Wildman–Crippen LogP) is 1.99. The molecule has 0 rings (SSSR count). The summed E-state index contributed by atoms with van der Waals surface area (Å²) >= 11 is 0. The van der Waals surface area contributed by atoms with Crippen LogP contribution < -0.4 is 0 Å². The van der Waals surface area contributed by atoms with Gasteiger partial charge in [0.05, 0.1) is 0 Å². The van der Waals surface area contributed by atoms with Gasteiger partial charge in [0, 0.05) is 6.08 Å². The number of ether oxygens (including phenoxy) is 2. The molecule has 0 aromatic carbocycles. The fourth-order valence-electron chi connectivity index (χ4n) is 0.597. The van der Waals surface area contributed by atoms with Crippen LogP contribution in [-0.2, 0) is 14.3 Å². The van der Waals surface area contributed by atoms with Gasteiger partial charge in [0.25, 0.3) is 0 Å². The molecule has 0 atom stereocenters. The summed E-state index contributed by atoms with van der Waals surface area (Å²) in [5, 5.41) is 0. The number of carbonyl (C=O) groups is 1. The maximum Gasteiger partial charge on any atom is 0.330 e. The molecule has 3 nitrogen and oxygen atoms in total. The van der Waals surface area contributed by atoms with Gasteiger partial charge in [0.1, 0.15) is 19.0 Å². The molecule has 0 aliphatic heterocycles. The van der Waals surface area contributed by atoms with Gasteiger partial charge in [-0.25, -0.2) is 4.79 Å². The molecule has 0 saturated heterocycles. The molecule has 0 heterocycles. The highest BCUT2D eigenvalue weighted by molar-refractivity contribution is 5.81. The van der Waals surface area contributed by atoms with Crippen LogP contribution in [0.3, 0.4) is 0 Å². The Kier molecular flexibility index (Phi) is 6.86. The fourth-order valence-corrected chi connectivity index (χ4v) is 0.597. The molecule has 0 fully saturated rings. The van der Waals surface area contributed by atoms with Gasteiger partial charge in [-0.15, -0.1) is 0 Å². The third-order valence-corrected chi connectivity index (χ3v) is 1.20. The van der Waals surface area contributed by atoms with E-state index in [4.69, 9.17) is 4.74 Å². The van der Waals surface area contributed by atoms with E-state index in [2.05, 4.69) is 24.5 Å². The van der Waals surface area contributed by atoms with Crippen molar-refractivity contribution >= 4 is 5.97 Å². The van der Waals surface area contributed by atoms with Crippen LogP contribution in [0, 0.1) is 0 Å². The lowest BCUT2D eigenvalue weighted by Crippen LogP contribution is -2.07. The van der Waals surface area contributed by atoms with E-state index in [0.29, 0.717) is 5.76 Å². The number of carbonyl (C=O) groups excluding carboxylic acids is 1. The number of hydrogen-bond donors (Lipinski definition) is 0. The van der Waals surface area contributed by atoms with Crippen LogP contribution in [-0.4, -0.2) is 19.2 Å². The van der Waals surface area contributed by atoms with E-state index < -0.39 is 5.97 Å². The summed E-state index contributed by atoms with van der Waals surface area (Å²) in [4.78, 5) is 10.6. The molecule has 0 N–H and O–H groups in total. The first-order chi connectivity index (χ1) is 6.70. The zero-order valence-electron chi connectivity index (χ0n) is 8.07. The lowest BCUT2D eigenvalue weighted by Gasteiger charge is -2.04. The number of esters is 1. The highest BCUT2D eigenvalue weighted by atomic mass is 16.6. The molecule has 0 bridgehead atoms. The molecule has 0 saturated carbocycles. The Balaban J connectivity index is 3.49. The summed E-state index contributed by atoms with van der Waals surface area (Å²) in [6, 6.07) is 0. The van der Waals surface area contributed by atoms with E-state index in [0.717, 1.165) is 6.08 Å². The van der Waals surface area contributed by atoms with Crippen molar-refractivity contribution in [3.8, 4) is 0 Å². The smallest absolute Gasteiger partial charge is 0.330 e. The molecule has 0 aliphatic rings. The summed E-state index contributed by atoms with van der Waals surface area (Å²) in [5.41, 5.74) is 0. The van der Waals surface area contributed by atoms with Crippen molar-refractivity contribution in [2.75, 3.05) is 13.2 Å². The highest BCUT2D eigenvalue weighted by Gasteiger charge is 1.94. The van der Waals surface area contributed by atoms with Crippen molar-refractivity contribution in [3.05, 3.63) is 49.8 Å². The van der Waals surface area contributed by atoms with E-state index in [1.807, 2.05) is 0 Å². The van der Waals surface area contributed by atoms with Crippen molar-refractivity contribution in [1.29, 1.82) is 0 Å². The Morgan fingerprint density at radius 3 is 2.43 bits per heavy atom. The second-order valence-corrected chi connectivity index (χ2v) is 2.28. The lowest BCUT2D eigenvalue weighted by molar-refractivity contribution is -0.138. The van der Waals surface area contributed by atoms with E-state index >= 15 is 0 Å². The maximum absolute atomic E-state index is 10.6. The summed E-state index contributed by atoms with van der Waals surface area (Å²) in [7, 11) is 0. The van der Waals surface area contributed by atoms with Gasteiger partial charge in [0.15, 0.2) is 0 Å². The Labute approximate surface area is 84.0 Å². The summed E-state index contributed by atoms with van der Waals surface area (Å²) in [6.07, 6.45) is 6.10. The quantitative estimate of drug-likeness (QED) is 0.204. The summed E-state index contributed by atoms with van der Waals surface area (Å²) in [5.74, 6) is 0.0420. The molecule has 0 spiro atoms. The Bertz CT molecular complexity index is 251. The van der Waals surface area contributed by atoms with Crippen molar-refractivity contribution in [1.82, 2.24) is 0 Å². The predicted molar refractivity (Wildman–Crippen MR) is 55.6 cm³/mol. The molecule has 0 amide bonds. The maximum atomic E-state index is 10.6. The van der Waals surface area contributed by atoms with Crippen LogP contribution in [0.25, 0.3) is 0 Å². The van der Waals surface area contributed by atoms with Crippen molar-refractivity contribution in [2.45, 2.75) is 0 Å². The van der Waals surface area contributed by atoms with E-state index in [1.54, 1.807) is 18.2 Å². The van der Waals surface area contributed by atoms with Crippen LogP contribution in [0.5, 0.6) is 0 Å². The van der Waals surface area contributed by atoms with Crippen LogP contribution in [0.1, 0.15) is 0 Å². The molecule has 3 heteroatoms. The monoisotopic (exact) mass is 194 g/mol. The molecule has 76 valence electrons. The zero-order valence-corrected chi connectivity index (χ0v) is 8.07. The topological polar surface area (TPSA) is 35.5 Å². The highest BCUT2D eigenvalue weighted by Crippen LogP contribution is 1.95. The summed E-state index contributed by atoms with van der Waals surface area (Å²) < 4.78 is 9.78. The third-order valence-electron chi connectivity index (χ3n) is 1.20. The van der Waals surface area contributed by atoms with Crippen molar-refractivity contribution in [2.24, 2.45) is 0 Å². The first-order valence-electron chi connectivity index (χ1n) is 4.10. The van der Waals surface area contributed by atoms with Gasteiger partial charge in [-0.3, -0.25) is 0 Å². The molecule has 0 aromatic rings. The lowest BCUT2D eigenvalue weighted by atomic mass is 10.4. The molecule has 0 aliphatic carbocycles. The van der Waals surface area contributed by atoms with E-state index in [-0.39, 0.29) is 13.2 Å². The van der Waals surface area contributed by atoms with Gasteiger partial charge in [-0.05, 0) is 6.08 Å². The number of rotatable bonds is 7. The minimum atomic E-state index is -0.458. The van der Waals surface area contributed by atoms with Gasteiger partial charge in [-0.2, -0.15) is 0 Å². The van der Waals surface area contributed by atoms with Crippen LogP contribution in [0.2, 0.25) is 0 Å². The van der Waals surface area contributed by atoms with E-state index in [1.165, 1.54) is 0 Å². The average Bonchev–Trinajstić information content (AvgIpc) is 2.21. The van der Waals surface area contributed by atoms with Gasteiger partial charge in [0.2, 0.25) is 0 Å². The molecule has 14 heavy (non-hydrogen) atoms. The molecule has 0 aromatic heterocycles. The normalized spacial score (nSPS) is 9.43. The largest absolute Gasteiger partial charge is 0.491 e. The third kappa shape index (κ3) is 6.91. The second kappa shape index (κ2) is 7.86. The molecular formula is C11H14O3. The Hall–Kier alpha value is -1.77. The SMILES string of the molecule is C=C/C=C\C(=C)OCCOC(=O)C=C. The first-order valence-corrected chi connectivity index (χ1v) is 4.10. The van der Waals surface area contributed by atoms with Gasteiger partial charge in [-0.1, -0.05) is 31.9 Å². The average molecular weight is 194 g/mol. The van der Waals surface area contributed by atoms with Crippen molar-refractivity contribution in [3.63, 3.8) is 0 Å².